The number of nitrogens with one attached hydrogen (secondary N) is 1. The van der Waals surface area contributed by atoms with Crippen molar-refractivity contribution in [3.05, 3.63) is 63.6 Å². The van der Waals surface area contributed by atoms with Crippen molar-refractivity contribution in [1.29, 1.82) is 0 Å². The zero-order valence-corrected chi connectivity index (χ0v) is 13.2. The molecule has 0 saturated carbocycles. The molecule has 2 aromatic rings. The summed E-state index contributed by atoms with van der Waals surface area (Å²) in [5.74, 6) is -0.669. The van der Waals surface area contributed by atoms with E-state index in [2.05, 4.69) is 21.2 Å². The van der Waals surface area contributed by atoms with Gasteiger partial charge in [0, 0.05) is 10.2 Å². The maximum atomic E-state index is 12.3. The van der Waals surface area contributed by atoms with Crippen LogP contribution in [0.25, 0.3) is 0 Å². The van der Waals surface area contributed by atoms with Gasteiger partial charge in [0.25, 0.3) is 5.91 Å². The Labute approximate surface area is 131 Å². The molecule has 0 aromatic heterocycles. The van der Waals surface area contributed by atoms with Crippen LogP contribution in [0.3, 0.4) is 0 Å². The third-order valence-electron chi connectivity index (χ3n) is 3.11. The van der Waals surface area contributed by atoms with E-state index in [4.69, 9.17) is 4.74 Å². The van der Waals surface area contributed by atoms with E-state index in [0.717, 1.165) is 0 Å². The first kappa shape index (κ1) is 15.3. The first-order valence-corrected chi connectivity index (χ1v) is 7.07. The molecule has 0 aliphatic heterocycles. The molecule has 0 unspecified atom stereocenters. The van der Waals surface area contributed by atoms with E-state index in [0.29, 0.717) is 26.9 Å². The third-order valence-corrected chi connectivity index (χ3v) is 3.80. The highest BCUT2D eigenvalue weighted by molar-refractivity contribution is 9.10. The highest BCUT2D eigenvalue weighted by Gasteiger charge is 2.15. The fraction of sp³-hybridized carbons (Fsp3) is 0.125. The molecule has 0 aliphatic rings. The third kappa shape index (κ3) is 3.31. The monoisotopic (exact) mass is 347 g/mol. The molecule has 0 bridgehead atoms. The van der Waals surface area contributed by atoms with Gasteiger partial charge >= 0.3 is 5.97 Å². The number of amides is 1. The van der Waals surface area contributed by atoms with Gasteiger partial charge in [-0.05, 0) is 52.7 Å². The number of hydrogen-bond acceptors (Lipinski definition) is 3. The van der Waals surface area contributed by atoms with Crippen LogP contribution < -0.4 is 5.32 Å². The lowest BCUT2D eigenvalue weighted by Gasteiger charge is -2.12. The zero-order chi connectivity index (χ0) is 15.4. The second kappa shape index (κ2) is 6.54. The standard InChI is InChI=1S/C16H14BrNO3/c1-10-11(16(20)21-2)7-5-9-14(10)18-15(19)12-6-3-4-8-13(12)17/h3-9H,1-2H3,(H,18,19). The zero-order valence-electron chi connectivity index (χ0n) is 11.6. The predicted molar refractivity (Wildman–Crippen MR) is 84.6 cm³/mol. The van der Waals surface area contributed by atoms with Crippen LogP contribution in [0.5, 0.6) is 0 Å². The molecular weight excluding hydrogens is 334 g/mol. The van der Waals surface area contributed by atoms with Crippen molar-refractivity contribution in [2.24, 2.45) is 0 Å². The van der Waals surface area contributed by atoms with Crippen LogP contribution in [0.4, 0.5) is 5.69 Å². The van der Waals surface area contributed by atoms with Crippen molar-refractivity contribution < 1.29 is 14.3 Å². The SMILES string of the molecule is COC(=O)c1cccc(NC(=O)c2ccccc2Br)c1C. The van der Waals surface area contributed by atoms with Gasteiger partial charge in [-0.15, -0.1) is 0 Å². The lowest BCUT2D eigenvalue weighted by Crippen LogP contribution is -2.15. The summed E-state index contributed by atoms with van der Waals surface area (Å²) in [5.41, 5.74) is 2.21. The van der Waals surface area contributed by atoms with Crippen LogP contribution in [0, 0.1) is 6.92 Å². The molecule has 4 nitrogen and oxygen atoms in total. The van der Waals surface area contributed by atoms with Crippen LogP contribution in [-0.4, -0.2) is 19.0 Å². The number of carbonyl (C=O) groups is 2. The summed E-state index contributed by atoms with van der Waals surface area (Å²) < 4.78 is 5.43. The maximum absolute atomic E-state index is 12.3. The molecule has 108 valence electrons. The van der Waals surface area contributed by atoms with Gasteiger partial charge < -0.3 is 10.1 Å². The van der Waals surface area contributed by atoms with Gasteiger partial charge in [-0.25, -0.2) is 4.79 Å². The van der Waals surface area contributed by atoms with Crippen LogP contribution in [0.1, 0.15) is 26.3 Å². The van der Waals surface area contributed by atoms with Crippen LogP contribution in [0.15, 0.2) is 46.9 Å². The number of carbonyl (C=O) groups excluding carboxylic acids is 2. The minimum Gasteiger partial charge on any atom is -0.465 e. The summed E-state index contributed by atoms with van der Waals surface area (Å²) in [5, 5.41) is 2.81. The van der Waals surface area contributed by atoms with Crippen molar-refractivity contribution in [1.82, 2.24) is 0 Å². The van der Waals surface area contributed by atoms with Gasteiger partial charge in [0.1, 0.15) is 0 Å². The highest BCUT2D eigenvalue weighted by atomic mass is 79.9. The summed E-state index contributed by atoms with van der Waals surface area (Å²) in [6.45, 7) is 1.77. The molecule has 0 aliphatic carbocycles. The van der Waals surface area contributed by atoms with E-state index in [1.807, 2.05) is 6.07 Å². The summed E-state index contributed by atoms with van der Waals surface area (Å²) >= 11 is 3.34. The average molecular weight is 348 g/mol. The topological polar surface area (TPSA) is 55.4 Å². The van der Waals surface area contributed by atoms with Gasteiger partial charge in [-0.3, -0.25) is 4.79 Å². The normalized spacial score (nSPS) is 10.0. The van der Waals surface area contributed by atoms with E-state index in [1.165, 1.54) is 7.11 Å². The lowest BCUT2D eigenvalue weighted by molar-refractivity contribution is 0.0599. The minimum absolute atomic E-state index is 0.243. The van der Waals surface area contributed by atoms with Crippen molar-refractivity contribution >= 4 is 33.5 Å². The fourth-order valence-electron chi connectivity index (χ4n) is 1.94. The molecule has 0 heterocycles. The smallest absolute Gasteiger partial charge is 0.338 e. The van der Waals surface area contributed by atoms with Crippen molar-refractivity contribution in [3.8, 4) is 0 Å². The number of rotatable bonds is 3. The van der Waals surface area contributed by atoms with Gasteiger partial charge in [0.2, 0.25) is 0 Å². The van der Waals surface area contributed by atoms with Crippen LogP contribution >= 0.6 is 15.9 Å². The van der Waals surface area contributed by atoms with Crippen LogP contribution in [-0.2, 0) is 4.74 Å². The molecule has 5 heteroatoms. The number of methoxy groups -OCH3 is 1. The summed E-state index contributed by atoms with van der Waals surface area (Å²) in [7, 11) is 1.33. The Morgan fingerprint density at radius 1 is 1.05 bits per heavy atom. The number of esters is 1. The lowest BCUT2D eigenvalue weighted by atomic mass is 10.1. The average Bonchev–Trinajstić information content (AvgIpc) is 2.49. The molecule has 0 atom stereocenters. The first-order valence-electron chi connectivity index (χ1n) is 6.28. The van der Waals surface area contributed by atoms with Gasteiger partial charge in [0.05, 0.1) is 18.2 Å². The number of benzene rings is 2. The van der Waals surface area contributed by atoms with E-state index >= 15 is 0 Å². The first-order chi connectivity index (χ1) is 10.0. The molecule has 0 spiro atoms. The van der Waals surface area contributed by atoms with Crippen molar-refractivity contribution in [2.75, 3.05) is 12.4 Å². The number of halogens is 1. The highest BCUT2D eigenvalue weighted by Crippen LogP contribution is 2.22. The Morgan fingerprint density at radius 2 is 1.71 bits per heavy atom. The second-order valence-corrected chi connectivity index (χ2v) is 5.26. The molecule has 2 aromatic carbocycles. The van der Waals surface area contributed by atoms with Crippen molar-refractivity contribution in [3.63, 3.8) is 0 Å². The molecule has 2 rings (SSSR count). The van der Waals surface area contributed by atoms with E-state index < -0.39 is 5.97 Å². The molecule has 0 radical (unpaired) electrons. The molecule has 0 fully saturated rings. The molecular formula is C16H14BrNO3. The Balaban J connectivity index is 2.30. The quantitative estimate of drug-likeness (QED) is 0.859. The Kier molecular flexibility index (Phi) is 4.75. The van der Waals surface area contributed by atoms with Crippen LogP contribution in [0.2, 0.25) is 0 Å². The second-order valence-electron chi connectivity index (χ2n) is 4.40. The largest absolute Gasteiger partial charge is 0.465 e. The Morgan fingerprint density at radius 3 is 2.38 bits per heavy atom. The Hall–Kier alpha value is -2.14. The molecule has 1 N–H and O–H groups in total. The number of ether oxygens (including phenoxy) is 1. The van der Waals surface area contributed by atoms with E-state index in [9.17, 15) is 9.59 Å². The van der Waals surface area contributed by atoms with E-state index in [1.54, 1.807) is 43.3 Å². The fourth-order valence-corrected chi connectivity index (χ4v) is 2.40. The summed E-state index contributed by atoms with van der Waals surface area (Å²) in [4.78, 5) is 23.9. The summed E-state index contributed by atoms with van der Waals surface area (Å²) in [6.07, 6.45) is 0. The van der Waals surface area contributed by atoms with Crippen molar-refractivity contribution in [2.45, 2.75) is 6.92 Å². The number of hydrogen-bond donors (Lipinski definition) is 1. The minimum atomic E-state index is -0.426. The van der Waals surface area contributed by atoms with E-state index in [-0.39, 0.29) is 5.91 Å². The predicted octanol–water partition coefficient (Wildman–Crippen LogP) is 3.80. The Bertz CT molecular complexity index is 698. The number of anilines is 1. The van der Waals surface area contributed by atoms with Gasteiger partial charge in [0.15, 0.2) is 0 Å². The van der Waals surface area contributed by atoms with Gasteiger partial charge in [-0.1, -0.05) is 18.2 Å². The summed E-state index contributed by atoms with van der Waals surface area (Å²) in [6, 6.07) is 12.3. The molecule has 1 amide bonds. The molecule has 0 saturated heterocycles. The maximum Gasteiger partial charge on any atom is 0.338 e. The van der Waals surface area contributed by atoms with Gasteiger partial charge in [-0.2, -0.15) is 0 Å². The molecule has 21 heavy (non-hydrogen) atoms.